The van der Waals surface area contributed by atoms with E-state index in [-0.39, 0.29) is 5.91 Å². The molecule has 1 saturated heterocycles. The first-order valence-corrected chi connectivity index (χ1v) is 6.41. The van der Waals surface area contributed by atoms with Crippen LogP contribution in [0.2, 0.25) is 0 Å². The maximum atomic E-state index is 11.5. The smallest absolute Gasteiger partial charge is 0.220 e. The molecule has 17 heavy (non-hydrogen) atoms. The van der Waals surface area contributed by atoms with Crippen LogP contribution < -0.4 is 10.6 Å². The Bertz CT molecular complexity index is 206. The normalized spacial score (nSPS) is 19.5. The molecule has 2 N–H and O–H groups in total. The largest absolute Gasteiger partial charge is 0.383 e. The molecule has 0 radical (unpaired) electrons. The Kier molecular flexibility index (Phi) is 7.96. The van der Waals surface area contributed by atoms with E-state index in [1.165, 1.54) is 0 Å². The van der Waals surface area contributed by atoms with Crippen molar-refractivity contribution in [1.82, 2.24) is 10.6 Å². The van der Waals surface area contributed by atoms with E-state index in [2.05, 4.69) is 10.6 Å². The van der Waals surface area contributed by atoms with Gasteiger partial charge in [0.05, 0.1) is 12.7 Å². The molecule has 1 aliphatic rings. The fourth-order valence-corrected chi connectivity index (χ4v) is 1.84. The Hall–Kier alpha value is -0.650. The first-order valence-electron chi connectivity index (χ1n) is 6.41. The van der Waals surface area contributed by atoms with Gasteiger partial charge in [0, 0.05) is 39.8 Å². The lowest BCUT2D eigenvalue weighted by atomic mass is 10.1. The molecule has 1 rings (SSSR count). The number of rotatable bonds is 9. The molecule has 1 aliphatic heterocycles. The average molecular weight is 244 g/mol. The second-order valence-electron chi connectivity index (χ2n) is 4.27. The third-order valence-electron chi connectivity index (χ3n) is 2.82. The van der Waals surface area contributed by atoms with Crippen LogP contribution in [0, 0.1) is 0 Å². The Labute approximate surface area is 103 Å². The van der Waals surface area contributed by atoms with Crippen molar-refractivity contribution in [1.29, 1.82) is 0 Å². The van der Waals surface area contributed by atoms with Crippen LogP contribution in [0.1, 0.15) is 25.7 Å². The molecule has 0 spiro atoms. The van der Waals surface area contributed by atoms with E-state index in [0.29, 0.717) is 25.7 Å². The monoisotopic (exact) mass is 244 g/mol. The van der Waals surface area contributed by atoms with Gasteiger partial charge in [0.25, 0.3) is 0 Å². The van der Waals surface area contributed by atoms with Crippen LogP contribution in [0.4, 0.5) is 0 Å². The molecule has 1 heterocycles. The number of ether oxygens (including phenoxy) is 2. The number of carbonyl (C=O) groups is 1. The summed E-state index contributed by atoms with van der Waals surface area (Å²) in [7, 11) is 1.68. The van der Waals surface area contributed by atoms with Crippen molar-refractivity contribution in [2.75, 3.05) is 40.0 Å². The van der Waals surface area contributed by atoms with Crippen LogP contribution in [-0.2, 0) is 14.3 Å². The summed E-state index contributed by atoms with van der Waals surface area (Å²) in [6, 6.07) is 0. The molecule has 1 amide bonds. The maximum Gasteiger partial charge on any atom is 0.220 e. The van der Waals surface area contributed by atoms with Crippen molar-refractivity contribution in [2.45, 2.75) is 31.8 Å². The molecule has 5 heteroatoms. The molecule has 1 atom stereocenters. The molecule has 0 aromatic carbocycles. The van der Waals surface area contributed by atoms with Gasteiger partial charge in [-0.05, 0) is 19.3 Å². The number of hydrogen-bond acceptors (Lipinski definition) is 4. The molecule has 0 bridgehead atoms. The van der Waals surface area contributed by atoms with Crippen molar-refractivity contribution in [3.05, 3.63) is 0 Å². The van der Waals surface area contributed by atoms with Gasteiger partial charge >= 0.3 is 0 Å². The van der Waals surface area contributed by atoms with Gasteiger partial charge in [-0.1, -0.05) is 0 Å². The maximum absolute atomic E-state index is 11.5. The van der Waals surface area contributed by atoms with E-state index < -0.39 is 0 Å². The summed E-state index contributed by atoms with van der Waals surface area (Å²) >= 11 is 0. The highest BCUT2D eigenvalue weighted by molar-refractivity contribution is 5.75. The number of carbonyl (C=O) groups excluding carboxylic acids is 1. The van der Waals surface area contributed by atoms with Gasteiger partial charge < -0.3 is 20.1 Å². The molecule has 5 nitrogen and oxygen atoms in total. The summed E-state index contributed by atoms with van der Waals surface area (Å²) in [5.41, 5.74) is 0. The summed E-state index contributed by atoms with van der Waals surface area (Å²) in [4.78, 5) is 11.5. The molecule has 1 fully saturated rings. The van der Waals surface area contributed by atoms with Crippen molar-refractivity contribution in [2.24, 2.45) is 0 Å². The van der Waals surface area contributed by atoms with Crippen LogP contribution in [0.5, 0.6) is 0 Å². The number of hydrogen-bond donors (Lipinski definition) is 2. The van der Waals surface area contributed by atoms with Crippen LogP contribution in [-0.4, -0.2) is 52.0 Å². The van der Waals surface area contributed by atoms with Crippen molar-refractivity contribution in [3.63, 3.8) is 0 Å². The number of nitrogens with one attached hydrogen (secondary N) is 2. The lowest BCUT2D eigenvalue weighted by Crippen LogP contribution is -2.33. The Balaban J connectivity index is 1.87. The topological polar surface area (TPSA) is 59.6 Å². The van der Waals surface area contributed by atoms with Gasteiger partial charge in [0.2, 0.25) is 5.91 Å². The van der Waals surface area contributed by atoms with Crippen LogP contribution in [0.25, 0.3) is 0 Å². The summed E-state index contributed by atoms with van der Waals surface area (Å²) < 4.78 is 10.4. The molecule has 0 aliphatic carbocycles. The summed E-state index contributed by atoms with van der Waals surface area (Å²) in [6.07, 6.45) is 3.97. The highest BCUT2D eigenvalue weighted by atomic mass is 16.5. The Morgan fingerprint density at radius 1 is 1.41 bits per heavy atom. The molecular weight excluding hydrogens is 220 g/mol. The van der Waals surface area contributed by atoms with Gasteiger partial charge in [0.15, 0.2) is 0 Å². The van der Waals surface area contributed by atoms with E-state index in [4.69, 9.17) is 9.47 Å². The second-order valence-corrected chi connectivity index (χ2v) is 4.27. The quantitative estimate of drug-likeness (QED) is 0.573. The predicted octanol–water partition coefficient (Wildman–Crippen LogP) is 0.298. The zero-order valence-corrected chi connectivity index (χ0v) is 10.7. The lowest BCUT2D eigenvalue weighted by molar-refractivity contribution is -0.121. The number of amides is 1. The van der Waals surface area contributed by atoms with E-state index in [1.807, 2.05) is 0 Å². The van der Waals surface area contributed by atoms with Crippen molar-refractivity contribution < 1.29 is 14.3 Å². The second kappa shape index (κ2) is 9.39. The summed E-state index contributed by atoms with van der Waals surface area (Å²) in [5, 5.41) is 6.06. The van der Waals surface area contributed by atoms with Gasteiger partial charge in [-0.3, -0.25) is 4.79 Å². The van der Waals surface area contributed by atoms with Crippen LogP contribution >= 0.6 is 0 Å². The summed E-state index contributed by atoms with van der Waals surface area (Å²) in [5.74, 6) is 0.119. The summed E-state index contributed by atoms with van der Waals surface area (Å²) in [6.45, 7) is 3.84. The van der Waals surface area contributed by atoms with Crippen molar-refractivity contribution >= 4 is 5.91 Å². The standard InChI is InChI=1S/C12H24N2O3/c1-16-10-8-13-6-7-14-12(15)5-4-11-3-2-9-17-11/h11,13H,2-10H2,1H3,(H,14,15). The fourth-order valence-electron chi connectivity index (χ4n) is 1.84. The first-order chi connectivity index (χ1) is 8.33. The molecule has 1 unspecified atom stereocenters. The minimum Gasteiger partial charge on any atom is -0.383 e. The highest BCUT2D eigenvalue weighted by Gasteiger charge is 2.16. The van der Waals surface area contributed by atoms with Gasteiger partial charge in [0.1, 0.15) is 0 Å². The molecule has 0 aromatic heterocycles. The minimum atomic E-state index is 0.119. The average Bonchev–Trinajstić information content (AvgIpc) is 2.84. The Morgan fingerprint density at radius 2 is 2.29 bits per heavy atom. The lowest BCUT2D eigenvalue weighted by Gasteiger charge is -2.09. The predicted molar refractivity (Wildman–Crippen MR) is 66.0 cm³/mol. The van der Waals surface area contributed by atoms with Crippen LogP contribution in [0.15, 0.2) is 0 Å². The van der Waals surface area contributed by atoms with Gasteiger partial charge in [-0.2, -0.15) is 0 Å². The fraction of sp³-hybridized carbons (Fsp3) is 0.917. The zero-order chi connectivity index (χ0) is 12.3. The minimum absolute atomic E-state index is 0.119. The zero-order valence-electron chi connectivity index (χ0n) is 10.7. The Morgan fingerprint density at radius 3 is 3.00 bits per heavy atom. The highest BCUT2D eigenvalue weighted by Crippen LogP contribution is 2.16. The molecule has 0 saturated carbocycles. The van der Waals surface area contributed by atoms with Crippen LogP contribution in [0.3, 0.4) is 0 Å². The molecule has 0 aromatic rings. The third-order valence-corrected chi connectivity index (χ3v) is 2.82. The van der Waals surface area contributed by atoms with Gasteiger partial charge in [-0.25, -0.2) is 0 Å². The number of methoxy groups -OCH3 is 1. The van der Waals surface area contributed by atoms with E-state index >= 15 is 0 Å². The first kappa shape index (κ1) is 14.4. The third kappa shape index (κ3) is 7.31. The molecule has 100 valence electrons. The van der Waals surface area contributed by atoms with E-state index in [0.717, 1.165) is 39.0 Å². The van der Waals surface area contributed by atoms with E-state index in [1.54, 1.807) is 7.11 Å². The molecular formula is C12H24N2O3. The van der Waals surface area contributed by atoms with Gasteiger partial charge in [-0.15, -0.1) is 0 Å². The van der Waals surface area contributed by atoms with Crippen molar-refractivity contribution in [3.8, 4) is 0 Å². The van der Waals surface area contributed by atoms with E-state index in [9.17, 15) is 4.79 Å². The SMILES string of the molecule is COCCNCCNC(=O)CCC1CCCO1.